The number of imidazole rings is 1. The second-order valence-electron chi connectivity index (χ2n) is 10.8. The zero-order valence-corrected chi connectivity index (χ0v) is 24.1. The number of aryl methyl sites for hydroxylation is 1. The van der Waals surface area contributed by atoms with E-state index >= 15 is 0 Å². The minimum Gasteiger partial charge on any atom is -0.490 e. The molecule has 3 aromatic carbocycles. The molecule has 3 heterocycles. The normalized spacial score (nSPS) is 14.5. The van der Waals surface area contributed by atoms with Crippen LogP contribution in [0.5, 0.6) is 5.75 Å². The first-order valence-electron chi connectivity index (χ1n) is 14.1. The van der Waals surface area contributed by atoms with Crippen LogP contribution in [0.4, 0.5) is 30.5 Å². The van der Waals surface area contributed by atoms with Gasteiger partial charge in [0, 0.05) is 36.2 Å². The van der Waals surface area contributed by atoms with Crippen LogP contribution in [-0.4, -0.2) is 56.6 Å². The number of carbonyl (C=O) groups excluding carboxylic acids is 1. The summed E-state index contributed by atoms with van der Waals surface area (Å²) < 4.78 is 49.1. The fourth-order valence-corrected chi connectivity index (χ4v) is 5.17. The average Bonchev–Trinajstić information content (AvgIpc) is 3.37. The van der Waals surface area contributed by atoms with Gasteiger partial charge in [-0.3, -0.25) is 9.36 Å². The highest BCUT2D eigenvalue weighted by molar-refractivity contribution is 6.05. The molecule has 0 bridgehead atoms. The van der Waals surface area contributed by atoms with Gasteiger partial charge in [0.1, 0.15) is 24.0 Å². The second-order valence-corrected chi connectivity index (χ2v) is 10.8. The molecule has 44 heavy (non-hydrogen) atoms. The molecule has 1 aliphatic rings. The second kappa shape index (κ2) is 12.0. The molecular weight excluding hydrogens is 571 g/mol. The summed E-state index contributed by atoms with van der Waals surface area (Å²) in [5.41, 5.74) is 2.38. The zero-order chi connectivity index (χ0) is 30.8. The molecule has 0 atom stereocenters. The van der Waals surface area contributed by atoms with Crippen LogP contribution in [-0.2, 0) is 6.18 Å². The number of rotatable bonds is 7. The third kappa shape index (κ3) is 6.35. The van der Waals surface area contributed by atoms with Gasteiger partial charge in [-0.25, -0.2) is 15.0 Å². The molecule has 0 radical (unpaired) electrons. The van der Waals surface area contributed by atoms with Crippen molar-refractivity contribution in [2.24, 2.45) is 0 Å². The SMILES string of the molecule is Cc1ccc(NC(=O)c2cc(OC3CCN(C)CC3)cc(C(F)(F)F)c2)cc1Nc1nc2ccccc2n1-c1ccncn1. The molecule has 2 N–H and O–H groups in total. The average molecular weight is 602 g/mol. The quantitative estimate of drug-likeness (QED) is 0.217. The Bertz CT molecular complexity index is 1800. The van der Waals surface area contributed by atoms with Crippen LogP contribution in [0.3, 0.4) is 0 Å². The first kappa shape index (κ1) is 29.1. The number of para-hydroxylation sites is 2. The van der Waals surface area contributed by atoms with E-state index in [-0.39, 0.29) is 17.4 Å². The highest BCUT2D eigenvalue weighted by Crippen LogP contribution is 2.34. The monoisotopic (exact) mass is 601 g/mol. The van der Waals surface area contributed by atoms with Crippen molar-refractivity contribution in [3.8, 4) is 11.6 Å². The molecule has 1 fully saturated rings. The van der Waals surface area contributed by atoms with Gasteiger partial charge in [-0.15, -0.1) is 0 Å². The third-order valence-electron chi connectivity index (χ3n) is 7.56. The van der Waals surface area contributed by atoms with E-state index < -0.39 is 17.6 Å². The lowest BCUT2D eigenvalue weighted by molar-refractivity contribution is -0.137. The molecule has 1 amide bonds. The number of amides is 1. The van der Waals surface area contributed by atoms with Crippen molar-refractivity contribution in [1.82, 2.24) is 24.4 Å². The largest absolute Gasteiger partial charge is 0.490 e. The number of nitrogens with one attached hydrogen (secondary N) is 2. The van der Waals surface area contributed by atoms with Crippen LogP contribution >= 0.6 is 0 Å². The van der Waals surface area contributed by atoms with Gasteiger partial charge in [0.2, 0.25) is 5.95 Å². The Labute approximate surface area is 251 Å². The number of carbonyl (C=O) groups is 1. The van der Waals surface area contributed by atoms with Crippen LogP contribution in [0.25, 0.3) is 16.9 Å². The summed E-state index contributed by atoms with van der Waals surface area (Å²) in [6.07, 6.45) is -0.385. The molecule has 2 aromatic heterocycles. The first-order chi connectivity index (χ1) is 21.1. The minimum atomic E-state index is -4.64. The summed E-state index contributed by atoms with van der Waals surface area (Å²) in [5, 5.41) is 6.08. The molecule has 0 aliphatic carbocycles. The third-order valence-corrected chi connectivity index (χ3v) is 7.56. The lowest BCUT2D eigenvalue weighted by Gasteiger charge is -2.29. The molecule has 1 aliphatic heterocycles. The number of likely N-dealkylation sites (tertiary alicyclic amines) is 1. The van der Waals surface area contributed by atoms with Crippen LogP contribution in [0.1, 0.15) is 34.3 Å². The van der Waals surface area contributed by atoms with Crippen molar-refractivity contribution in [2.45, 2.75) is 32.0 Å². The number of hydrogen-bond donors (Lipinski definition) is 2. The molecule has 6 rings (SSSR count). The number of benzene rings is 3. The number of nitrogens with zero attached hydrogens (tertiary/aromatic N) is 5. The van der Waals surface area contributed by atoms with E-state index in [2.05, 4.69) is 25.5 Å². The molecule has 226 valence electrons. The van der Waals surface area contributed by atoms with Crippen LogP contribution in [0.15, 0.2) is 79.3 Å². The van der Waals surface area contributed by atoms with E-state index in [0.717, 1.165) is 41.8 Å². The number of halogens is 3. The van der Waals surface area contributed by atoms with Crippen molar-refractivity contribution in [2.75, 3.05) is 30.8 Å². The van der Waals surface area contributed by atoms with Gasteiger partial charge in [0.05, 0.1) is 16.6 Å². The van der Waals surface area contributed by atoms with Crippen LogP contribution in [0.2, 0.25) is 0 Å². The molecule has 5 aromatic rings. The summed E-state index contributed by atoms with van der Waals surface area (Å²) in [6, 6.07) is 17.7. The van der Waals surface area contributed by atoms with Gasteiger partial charge in [-0.1, -0.05) is 18.2 Å². The van der Waals surface area contributed by atoms with E-state index in [9.17, 15) is 18.0 Å². The summed E-state index contributed by atoms with van der Waals surface area (Å²) >= 11 is 0. The summed E-state index contributed by atoms with van der Waals surface area (Å²) in [4.78, 5) is 28.6. The molecule has 0 spiro atoms. The van der Waals surface area contributed by atoms with Crippen molar-refractivity contribution in [3.05, 3.63) is 95.9 Å². The number of anilines is 3. The number of ether oxygens (including phenoxy) is 1. The molecule has 1 saturated heterocycles. The highest BCUT2D eigenvalue weighted by Gasteiger charge is 2.32. The Morgan fingerprint density at radius 1 is 1.02 bits per heavy atom. The maximum Gasteiger partial charge on any atom is 0.416 e. The summed E-state index contributed by atoms with van der Waals surface area (Å²) in [5.74, 6) is 0.438. The van der Waals surface area contributed by atoms with Crippen LogP contribution in [0, 0.1) is 6.92 Å². The molecule has 12 heteroatoms. The van der Waals surface area contributed by atoms with Crippen molar-refractivity contribution in [3.63, 3.8) is 0 Å². The summed E-state index contributed by atoms with van der Waals surface area (Å²) in [7, 11) is 1.99. The number of hydrogen-bond acceptors (Lipinski definition) is 7. The number of piperidine rings is 1. The molecule has 0 unspecified atom stereocenters. The van der Waals surface area contributed by atoms with Gasteiger partial charge in [0.25, 0.3) is 5.91 Å². The Hall–Kier alpha value is -4.97. The molecular formula is C32H30F3N7O2. The van der Waals surface area contributed by atoms with Gasteiger partial charge < -0.3 is 20.3 Å². The maximum absolute atomic E-state index is 13.8. The van der Waals surface area contributed by atoms with E-state index in [1.54, 1.807) is 30.5 Å². The fourth-order valence-electron chi connectivity index (χ4n) is 5.17. The zero-order valence-electron chi connectivity index (χ0n) is 24.1. The number of aromatic nitrogens is 4. The fraction of sp³-hybridized carbons (Fsp3) is 0.250. The predicted molar refractivity (Wildman–Crippen MR) is 162 cm³/mol. The molecule has 9 nitrogen and oxygen atoms in total. The van der Waals surface area contributed by atoms with Crippen molar-refractivity contribution in [1.29, 1.82) is 0 Å². The standard InChI is InChI=1S/C32H30F3N7O2/c1-20-7-8-23(18-27(20)40-31-39-26-5-3-4-6-28(26)42(31)29-9-12-36-19-37-29)38-30(43)21-15-22(32(33,34)35)17-25(16-21)44-24-10-13-41(2)14-11-24/h3-9,12,15-19,24H,10-11,13-14H2,1-2H3,(H,38,43)(H,39,40). The summed E-state index contributed by atoms with van der Waals surface area (Å²) in [6.45, 7) is 3.47. The lowest BCUT2D eigenvalue weighted by atomic mass is 10.1. The van der Waals surface area contributed by atoms with Crippen molar-refractivity contribution >= 4 is 34.3 Å². The maximum atomic E-state index is 13.8. The van der Waals surface area contributed by atoms with Crippen LogP contribution < -0.4 is 15.4 Å². The number of fused-ring (bicyclic) bond motifs is 1. The number of alkyl halides is 3. The Kier molecular flexibility index (Phi) is 7.92. The van der Waals surface area contributed by atoms with E-state index in [4.69, 9.17) is 9.72 Å². The Balaban J connectivity index is 1.27. The first-order valence-corrected chi connectivity index (χ1v) is 14.1. The van der Waals surface area contributed by atoms with Gasteiger partial charge in [0.15, 0.2) is 0 Å². The molecule has 0 saturated carbocycles. The van der Waals surface area contributed by atoms with E-state index in [1.807, 2.05) is 42.8 Å². The Morgan fingerprint density at radius 2 is 1.82 bits per heavy atom. The minimum absolute atomic E-state index is 0.0226. The Morgan fingerprint density at radius 3 is 2.57 bits per heavy atom. The van der Waals surface area contributed by atoms with Crippen molar-refractivity contribution < 1.29 is 22.7 Å². The predicted octanol–water partition coefficient (Wildman–Crippen LogP) is 6.61. The van der Waals surface area contributed by atoms with E-state index in [0.29, 0.717) is 36.0 Å². The van der Waals surface area contributed by atoms with E-state index in [1.165, 1.54) is 12.4 Å². The highest BCUT2D eigenvalue weighted by atomic mass is 19.4. The van der Waals surface area contributed by atoms with Gasteiger partial charge in [-0.05, 0) is 80.9 Å². The topological polar surface area (TPSA) is 97.2 Å². The van der Waals surface area contributed by atoms with Gasteiger partial charge >= 0.3 is 6.18 Å². The lowest BCUT2D eigenvalue weighted by Crippen LogP contribution is -2.35. The van der Waals surface area contributed by atoms with Gasteiger partial charge in [-0.2, -0.15) is 13.2 Å². The smallest absolute Gasteiger partial charge is 0.416 e.